The largest absolute Gasteiger partial charge is 0.372 e. The minimum atomic E-state index is 0.0213. The van der Waals surface area contributed by atoms with Crippen molar-refractivity contribution in [1.82, 2.24) is 4.90 Å². The van der Waals surface area contributed by atoms with Gasteiger partial charge in [-0.25, -0.2) is 0 Å². The molecule has 2 aliphatic rings. The van der Waals surface area contributed by atoms with Crippen molar-refractivity contribution in [3.05, 3.63) is 59.1 Å². The van der Waals surface area contributed by atoms with Gasteiger partial charge in [-0.05, 0) is 74.5 Å². The summed E-state index contributed by atoms with van der Waals surface area (Å²) in [4.78, 5) is 17.6. The van der Waals surface area contributed by atoms with Gasteiger partial charge in [0, 0.05) is 42.6 Å². The number of benzene rings is 2. The Hall–Kier alpha value is -2.04. The number of hydrogen-bond donors (Lipinski definition) is 1. The third-order valence-corrected chi connectivity index (χ3v) is 6.45. The van der Waals surface area contributed by atoms with E-state index in [2.05, 4.69) is 33.3 Å². The first-order chi connectivity index (χ1) is 14.2. The Labute approximate surface area is 178 Å². The van der Waals surface area contributed by atoms with Crippen LogP contribution in [0.3, 0.4) is 0 Å². The second-order valence-corrected chi connectivity index (χ2v) is 8.66. The van der Waals surface area contributed by atoms with Crippen molar-refractivity contribution in [2.24, 2.45) is 5.92 Å². The number of amides is 1. The molecule has 2 aromatic carbocycles. The highest BCUT2D eigenvalue weighted by Crippen LogP contribution is 2.25. The predicted molar refractivity (Wildman–Crippen MR) is 121 cm³/mol. The van der Waals surface area contributed by atoms with E-state index in [4.69, 9.17) is 11.6 Å². The smallest absolute Gasteiger partial charge is 0.228 e. The maximum atomic E-state index is 12.8. The first kappa shape index (κ1) is 20.2. The summed E-state index contributed by atoms with van der Waals surface area (Å²) in [5, 5.41) is 3.93. The quantitative estimate of drug-likeness (QED) is 0.736. The van der Waals surface area contributed by atoms with Crippen molar-refractivity contribution in [2.75, 3.05) is 36.4 Å². The van der Waals surface area contributed by atoms with Crippen molar-refractivity contribution in [3.8, 4) is 0 Å². The van der Waals surface area contributed by atoms with E-state index in [1.54, 1.807) is 0 Å². The molecule has 0 unspecified atom stereocenters. The predicted octanol–water partition coefficient (Wildman–Crippen LogP) is 5.18. The van der Waals surface area contributed by atoms with Gasteiger partial charge < -0.3 is 10.2 Å². The van der Waals surface area contributed by atoms with Crippen molar-refractivity contribution < 1.29 is 4.79 Å². The average molecular weight is 412 g/mol. The van der Waals surface area contributed by atoms with Crippen LogP contribution in [0.15, 0.2) is 48.5 Å². The molecule has 2 aliphatic heterocycles. The van der Waals surface area contributed by atoms with E-state index in [0.29, 0.717) is 0 Å². The molecule has 154 valence electrons. The summed E-state index contributed by atoms with van der Waals surface area (Å²) in [6, 6.07) is 16.3. The molecule has 1 N–H and O–H groups in total. The van der Waals surface area contributed by atoms with Crippen LogP contribution in [-0.2, 0) is 11.3 Å². The number of rotatable bonds is 5. The number of piperidine rings is 2. The standard InChI is InChI=1S/C24H30ClN3O/c25-23-9-3-2-7-19(23)17-27-14-6-8-20(18-27)24(29)26-21-10-12-22(13-11-21)28-15-4-1-5-16-28/h2-3,7,9-13,20H,1,4-6,8,14-18H2,(H,26,29)/t20-/m0/s1. The third-order valence-electron chi connectivity index (χ3n) is 6.08. The zero-order valence-electron chi connectivity index (χ0n) is 16.9. The molecule has 2 heterocycles. The molecule has 2 fully saturated rings. The molecule has 2 aromatic rings. The zero-order valence-corrected chi connectivity index (χ0v) is 17.7. The lowest BCUT2D eigenvalue weighted by Gasteiger charge is -2.32. The Balaban J connectivity index is 1.32. The van der Waals surface area contributed by atoms with Gasteiger partial charge in [0.25, 0.3) is 0 Å². The van der Waals surface area contributed by atoms with Gasteiger partial charge in [-0.15, -0.1) is 0 Å². The number of likely N-dealkylation sites (tertiary alicyclic amines) is 1. The first-order valence-corrected chi connectivity index (χ1v) is 11.2. The van der Waals surface area contributed by atoms with Crippen LogP contribution >= 0.6 is 11.6 Å². The fourth-order valence-electron chi connectivity index (χ4n) is 4.43. The lowest BCUT2D eigenvalue weighted by molar-refractivity contribution is -0.121. The molecule has 1 amide bonds. The van der Waals surface area contributed by atoms with E-state index in [0.717, 1.165) is 61.8 Å². The van der Waals surface area contributed by atoms with Gasteiger partial charge in [-0.2, -0.15) is 0 Å². The van der Waals surface area contributed by atoms with Gasteiger partial charge in [-0.3, -0.25) is 9.69 Å². The molecular weight excluding hydrogens is 382 g/mol. The van der Waals surface area contributed by atoms with Crippen molar-refractivity contribution >= 4 is 28.9 Å². The number of nitrogens with zero attached hydrogens (tertiary/aromatic N) is 2. The van der Waals surface area contributed by atoms with Crippen LogP contribution in [-0.4, -0.2) is 37.0 Å². The summed E-state index contributed by atoms with van der Waals surface area (Å²) in [6.45, 7) is 4.86. The van der Waals surface area contributed by atoms with E-state index in [-0.39, 0.29) is 11.8 Å². The topological polar surface area (TPSA) is 35.6 Å². The summed E-state index contributed by atoms with van der Waals surface area (Å²) >= 11 is 6.31. The molecule has 0 saturated carbocycles. The Morgan fingerprint density at radius 2 is 1.72 bits per heavy atom. The Kier molecular flexibility index (Phi) is 6.73. The van der Waals surface area contributed by atoms with E-state index in [1.165, 1.54) is 24.9 Å². The fraction of sp³-hybridized carbons (Fsp3) is 0.458. The van der Waals surface area contributed by atoms with Crippen molar-refractivity contribution in [2.45, 2.75) is 38.6 Å². The molecule has 29 heavy (non-hydrogen) atoms. The van der Waals surface area contributed by atoms with Gasteiger partial charge in [0.2, 0.25) is 5.91 Å². The second kappa shape index (κ2) is 9.64. The SMILES string of the molecule is O=C(Nc1ccc(N2CCCCC2)cc1)[C@H]1CCCN(Cc2ccccc2Cl)C1. The average Bonchev–Trinajstić information content (AvgIpc) is 2.77. The molecule has 0 bridgehead atoms. The lowest BCUT2D eigenvalue weighted by atomic mass is 9.96. The minimum Gasteiger partial charge on any atom is -0.372 e. The number of anilines is 2. The van der Waals surface area contributed by atoms with Crippen LogP contribution in [0.4, 0.5) is 11.4 Å². The summed E-state index contributed by atoms with van der Waals surface area (Å²) in [5.74, 6) is 0.146. The highest BCUT2D eigenvalue weighted by molar-refractivity contribution is 6.31. The van der Waals surface area contributed by atoms with Gasteiger partial charge in [-0.1, -0.05) is 29.8 Å². The summed E-state index contributed by atoms with van der Waals surface area (Å²) in [6.07, 6.45) is 5.85. The molecule has 1 atom stereocenters. The molecule has 0 aliphatic carbocycles. The molecule has 0 aromatic heterocycles. The number of carbonyl (C=O) groups excluding carboxylic acids is 1. The van der Waals surface area contributed by atoms with Crippen LogP contribution < -0.4 is 10.2 Å². The van der Waals surface area contributed by atoms with Gasteiger partial charge in [0.05, 0.1) is 5.92 Å². The van der Waals surface area contributed by atoms with Crippen LogP contribution in [0, 0.1) is 5.92 Å². The molecule has 0 radical (unpaired) electrons. The summed E-state index contributed by atoms with van der Waals surface area (Å²) in [5.41, 5.74) is 3.27. The zero-order chi connectivity index (χ0) is 20.1. The number of halogens is 1. The van der Waals surface area contributed by atoms with Crippen molar-refractivity contribution in [3.63, 3.8) is 0 Å². The van der Waals surface area contributed by atoms with Gasteiger partial charge in [0.1, 0.15) is 0 Å². The molecule has 2 saturated heterocycles. The van der Waals surface area contributed by atoms with Gasteiger partial charge >= 0.3 is 0 Å². The number of hydrogen-bond acceptors (Lipinski definition) is 3. The fourth-order valence-corrected chi connectivity index (χ4v) is 4.63. The summed E-state index contributed by atoms with van der Waals surface area (Å²) in [7, 11) is 0. The Morgan fingerprint density at radius 1 is 0.966 bits per heavy atom. The van der Waals surface area contributed by atoms with Crippen LogP contribution in [0.2, 0.25) is 5.02 Å². The second-order valence-electron chi connectivity index (χ2n) is 8.25. The van der Waals surface area contributed by atoms with E-state index in [9.17, 15) is 4.79 Å². The molecular formula is C24H30ClN3O. The van der Waals surface area contributed by atoms with Crippen LogP contribution in [0.5, 0.6) is 0 Å². The highest BCUT2D eigenvalue weighted by atomic mass is 35.5. The highest BCUT2D eigenvalue weighted by Gasteiger charge is 2.26. The van der Waals surface area contributed by atoms with E-state index >= 15 is 0 Å². The maximum Gasteiger partial charge on any atom is 0.228 e. The van der Waals surface area contributed by atoms with Crippen LogP contribution in [0.25, 0.3) is 0 Å². The van der Waals surface area contributed by atoms with Crippen molar-refractivity contribution in [1.29, 1.82) is 0 Å². The molecule has 4 nitrogen and oxygen atoms in total. The summed E-state index contributed by atoms with van der Waals surface area (Å²) < 4.78 is 0. The number of carbonyl (C=O) groups is 1. The number of nitrogens with one attached hydrogen (secondary N) is 1. The van der Waals surface area contributed by atoms with E-state index in [1.807, 2.05) is 30.3 Å². The lowest BCUT2D eigenvalue weighted by Crippen LogP contribution is -2.40. The molecule has 5 heteroatoms. The normalized spacial score (nSPS) is 20.4. The maximum absolute atomic E-state index is 12.8. The molecule has 4 rings (SSSR count). The third kappa shape index (κ3) is 5.31. The van der Waals surface area contributed by atoms with E-state index < -0.39 is 0 Å². The van der Waals surface area contributed by atoms with Crippen LogP contribution in [0.1, 0.15) is 37.7 Å². The monoisotopic (exact) mass is 411 g/mol. The van der Waals surface area contributed by atoms with Gasteiger partial charge in [0.15, 0.2) is 0 Å². The minimum absolute atomic E-state index is 0.0213. The first-order valence-electron chi connectivity index (χ1n) is 10.8. The Morgan fingerprint density at radius 3 is 2.48 bits per heavy atom. The Bertz CT molecular complexity index is 817. The molecule has 0 spiro atoms.